The number of hydrogen-bond donors (Lipinski definition) is 2. The number of rotatable bonds is 10. The Morgan fingerprint density at radius 2 is 1.69 bits per heavy atom. The van der Waals surface area contributed by atoms with Crippen LogP contribution in [0.25, 0.3) is 0 Å². The molecule has 1 saturated heterocycles. The molecule has 4 bridgehead atoms. The van der Waals surface area contributed by atoms with E-state index in [2.05, 4.69) is 24.5 Å². The molecular weight excluding hydrogens is 452 g/mol. The highest BCUT2D eigenvalue weighted by Gasteiger charge is 2.52. The van der Waals surface area contributed by atoms with Crippen LogP contribution in [0.2, 0.25) is 0 Å². The van der Waals surface area contributed by atoms with Crippen LogP contribution in [0.1, 0.15) is 90.0 Å². The van der Waals surface area contributed by atoms with Crippen molar-refractivity contribution in [1.82, 2.24) is 10.6 Å². The van der Waals surface area contributed by atoms with Crippen LogP contribution in [-0.2, 0) is 16.0 Å². The van der Waals surface area contributed by atoms with E-state index in [1.54, 1.807) is 14.2 Å². The number of carbonyl (C=O) groups excluding carboxylic acids is 2. The highest BCUT2D eigenvalue weighted by Crippen LogP contribution is 2.62. The maximum absolute atomic E-state index is 13.2. The Hall–Kier alpha value is -2.24. The van der Waals surface area contributed by atoms with Gasteiger partial charge in [-0.1, -0.05) is 6.07 Å². The second-order valence-electron chi connectivity index (χ2n) is 13.2. The maximum atomic E-state index is 13.2. The molecule has 5 fully saturated rings. The minimum atomic E-state index is -0.405. The molecule has 5 aliphatic rings. The summed E-state index contributed by atoms with van der Waals surface area (Å²) in [7, 11) is 3.25. The topological polar surface area (TPSA) is 76.7 Å². The monoisotopic (exact) mass is 496 g/mol. The second-order valence-corrected chi connectivity index (χ2v) is 13.2. The summed E-state index contributed by atoms with van der Waals surface area (Å²) in [6.45, 7) is 4.42. The molecule has 6 heteroatoms. The normalized spacial score (nSPS) is 32.9. The third kappa shape index (κ3) is 5.38. The number of ether oxygens (including phenoxy) is 2. The summed E-state index contributed by atoms with van der Waals surface area (Å²) in [5.74, 6) is 4.29. The molecule has 198 valence electrons. The second kappa shape index (κ2) is 9.57. The number of amides is 2. The summed E-state index contributed by atoms with van der Waals surface area (Å²) in [5.41, 5.74) is 0.882. The average molecular weight is 497 g/mol. The molecule has 0 aromatic heterocycles. The molecule has 1 atom stereocenters. The number of hydrogen-bond acceptors (Lipinski definition) is 4. The van der Waals surface area contributed by atoms with E-state index in [0.717, 1.165) is 36.2 Å². The van der Waals surface area contributed by atoms with Crippen molar-refractivity contribution in [2.45, 2.75) is 102 Å². The molecular formula is C30H44N2O4. The summed E-state index contributed by atoms with van der Waals surface area (Å²) in [5, 5.41) is 6.60. The Balaban J connectivity index is 1.20. The molecule has 0 radical (unpaired) electrons. The lowest BCUT2D eigenvalue weighted by Crippen LogP contribution is -2.53. The van der Waals surface area contributed by atoms with Gasteiger partial charge in [-0.25, -0.2) is 0 Å². The highest BCUT2D eigenvalue weighted by atomic mass is 16.5. The van der Waals surface area contributed by atoms with Gasteiger partial charge >= 0.3 is 0 Å². The summed E-state index contributed by atoms with van der Waals surface area (Å²) < 4.78 is 10.8. The van der Waals surface area contributed by atoms with E-state index in [1.807, 2.05) is 18.2 Å². The molecule has 2 N–H and O–H groups in total. The van der Waals surface area contributed by atoms with Crippen molar-refractivity contribution < 1.29 is 19.1 Å². The zero-order chi connectivity index (χ0) is 25.6. The first-order valence-corrected chi connectivity index (χ1v) is 13.9. The molecule has 0 spiro atoms. The van der Waals surface area contributed by atoms with Gasteiger partial charge < -0.3 is 20.1 Å². The fourth-order valence-corrected chi connectivity index (χ4v) is 8.84. The first kappa shape index (κ1) is 25.4. The number of methoxy groups -OCH3 is 2. The molecule has 6 nitrogen and oxygen atoms in total. The van der Waals surface area contributed by atoms with Crippen LogP contribution in [0.5, 0.6) is 11.5 Å². The van der Waals surface area contributed by atoms with E-state index in [-0.39, 0.29) is 17.4 Å². The van der Waals surface area contributed by atoms with Crippen LogP contribution >= 0.6 is 0 Å². The van der Waals surface area contributed by atoms with Crippen LogP contribution < -0.4 is 20.1 Å². The van der Waals surface area contributed by atoms with Gasteiger partial charge in [0.15, 0.2) is 11.5 Å². The van der Waals surface area contributed by atoms with Crippen molar-refractivity contribution in [3.05, 3.63) is 23.8 Å². The van der Waals surface area contributed by atoms with Gasteiger partial charge in [0.2, 0.25) is 11.8 Å². The first-order chi connectivity index (χ1) is 17.1. The molecule has 0 unspecified atom stereocenters. The van der Waals surface area contributed by atoms with E-state index >= 15 is 0 Å². The van der Waals surface area contributed by atoms with Crippen molar-refractivity contribution in [2.75, 3.05) is 14.2 Å². The lowest BCUT2D eigenvalue weighted by Gasteiger charge is -2.58. The fraction of sp³-hybridized carbons (Fsp3) is 0.733. The minimum Gasteiger partial charge on any atom is -0.493 e. The van der Waals surface area contributed by atoms with Crippen molar-refractivity contribution in [3.63, 3.8) is 0 Å². The van der Waals surface area contributed by atoms with Crippen LogP contribution in [0.15, 0.2) is 18.2 Å². The van der Waals surface area contributed by atoms with Gasteiger partial charge in [-0.15, -0.1) is 0 Å². The van der Waals surface area contributed by atoms with Gasteiger partial charge in [-0.05, 0) is 119 Å². The lowest BCUT2D eigenvalue weighted by molar-refractivity contribution is -0.125. The van der Waals surface area contributed by atoms with E-state index in [4.69, 9.17) is 9.47 Å². The summed E-state index contributed by atoms with van der Waals surface area (Å²) in [6, 6.07) is 5.89. The Bertz CT molecular complexity index is 967. The van der Waals surface area contributed by atoms with Crippen LogP contribution in [0.4, 0.5) is 0 Å². The third-order valence-corrected chi connectivity index (χ3v) is 9.52. The Kier molecular flexibility index (Phi) is 6.76. The Labute approximate surface area is 216 Å². The SMILES string of the molecule is COc1ccc(C[C@]2(CCC(=O)NC(C)(C)CC34CC5CC(CC(C5)C3)C4)CCC(=O)N2)cc1OC. The molecule has 1 aromatic rings. The molecule has 1 aliphatic heterocycles. The van der Waals surface area contributed by atoms with E-state index in [0.29, 0.717) is 42.6 Å². The van der Waals surface area contributed by atoms with Crippen molar-refractivity contribution in [1.29, 1.82) is 0 Å². The smallest absolute Gasteiger partial charge is 0.220 e. The van der Waals surface area contributed by atoms with Crippen molar-refractivity contribution in [2.24, 2.45) is 23.2 Å². The van der Waals surface area contributed by atoms with E-state index in [9.17, 15) is 9.59 Å². The molecule has 2 amide bonds. The van der Waals surface area contributed by atoms with Crippen molar-refractivity contribution >= 4 is 11.8 Å². The Morgan fingerprint density at radius 1 is 1.06 bits per heavy atom. The summed E-state index contributed by atoms with van der Waals surface area (Å²) in [4.78, 5) is 25.4. The quantitative estimate of drug-likeness (QED) is 0.468. The maximum Gasteiger partial charge on any atom is 0.220 e. The standard InChI is InChI=1S/C30H44N2O4/c1-28(2,19-29-15-21-11-22(16-29)13-23(12-21)17-29)31-26(33)7-9-30(10-8-27(34)32-30)18-20-5-6-24(35-3)25(14-20)36-4/h5-6,14,21-23H,7-13,15-19H2,1-4H3,(H,31,33)(H,32,34)/t21?,22?,23?,29?,30-/m0/s1. The molecule has 36 heavy (non-hydrogen) atoms. The molecule has 1 heterocycles. The number of benzene rings is 1. The molecule has 1 aromatic carbocycles. The number of nitrogens with one attached hydrogen (secondary N) is 2. The van der Waals surface area contributed by atoms with Gasteiger partial charge in [0.25, 0.3) is 0 Å². The zero-order valence-corrected chi connectivity index (χ0v) is 22.6. The van der Waals surface area contributed by atoms with Crippen LogP contribution in [0.3, 0.4) is 0 Å². The molecule has 6 rings (SSSR count). The van der Waals surface area contributed by atoms with Gasteiger partial charge in [0.1, 0.15) is 0 Å². The van der Waals surface area contributed by atoms with Crippen LogP contribution in [-0.4, -0.2) is 37.1 Å². The largest absolute Gasteiger partial charge is 0.493 e. The van der Waals surface area contributed by atoms with Crippen LogP contribution in [0, 0.1) is 23.2 Å². The zero-order valence-electron chi connectivity index (χ0n) is 22.6. The fourth-order valence-electron chi connectivity index (χ4n) is 8.84. The van der Waals surface area contributed by atoms with Crippen molar-refractivity contribution in [3.8, 4) is 11.5 Å². The molecule has 4 aliphatic carbocycles. The number of carbonyl (C=O) groups is 2. The predicted octanol–water partition coefficient (Wildman–Crippen LogP) is 5.18. The first-order valence-electron chi connectivity index (χ1n) is 13.9. The van der Waals surface area contributed by atoms with E-state index in [1.165, 1.54) is 38.5 Å². The van der Waals surface area contributed by atoms with E-state index < -0.39 is 5.54 Å². The minimum absolute atomic E-state index is 0.0676. The summed E-state index contributed by atoms with van der Waals surface area (Å²) in [6.07, 6.45) is 12.5. The molecule has 4 saturated carbocycles. The summed E-state index contributed by atoms with van der Waals surface area (Å²) >= 11 is 0. The van der Waals surface area contributed by atoms with Gasteiger partial charge in [-0.3, -0.25) is 9.59 Å². The van der Waals surface area contributed by atoms with Gasteiger partial charge in [0.05, 0.1) is 14.2 Å². The van der Waals surface area contributed by atoms with Gasteiger partial charge in [0, 0.05) is 23.9 Å². The predicted molar refractivity (Wildman–Crippen MR) is 140 cm³/mol. The third-order valence-electron chi connectivity index (χ3n) is 9.52. The highest BCUT2D eigenvalue weighted by molar-refractivity contribution is 5.80. The lowest BCUT2D eigenvalue weighted by atomic mass is 9.48. The Morgan fingerprint density at radius 3 is 2.25 bits per heavy atom. The average Bonchev–Trinajstić information content (AvgIpc) is 3.16. The van der Waals surface area contributed by atoms with Gasteiger partial charge in [-0.2, -0.15) is 0 Å².